The van der Waals surface area contributed by atoms with Crippen LogP contribution in [0.2, 0.25) is 0 Å². The Kier molecular flexibility index (Phi) is 7.29. The average molecular weight is 342 g/mol. The van der Waals surface area contributed by atoms with Crippen molar-refractivity contribution in [3.05, 3.63) is 40.6 Å². The Morgan fingerprint density at radius 1 is 1.40 bits per heavy atom. The van der Waals surface area contributed by atoms with Crippen LogP contribution in [0, 0.1) is 0 Å². The number of fused-ring (bicyclic) bond motifs is 1. The fourth-order valence-electron chi connectivity index (χ4n) is 3.40. The maximum atomic E-state index is 11.7. The Balaban J connectivity index is 2.31. The summed E-state index contributed by atoms with van der Waals surface area (Å²) in [4.78, 5) is 11.7. The molecular formula is C20H27BO4. The maximum absolute atomic E-state index is 11.7. The molecule has 0 aliphatic heterocycles. The van der Waals surface area contributed by atoms with Crippen molar-refractivity contribution in [3.8, 4) is 5.75 Å². The fraction of sp³-hybridized carbons (Fsp3) is 0.500. The van der Waals surface area contributed by atoms with Crippen LogP contribution in [0.3, 0.4) is 0 Å². The zero-order chi connectivity index (χ0) is 18.2. The number of esters is 1. The molecule has 0 saturated heterocycles. The van der Waals surface area contributed by atoms with Crippen LogP contribution in [0.15, 0.2) is 29.4 Å². The van der Waals surface area contributed by atoms with Gasteiger partial charge >= 0.3 is 150 Å². The molecule has 1 aliphatic carbocycles. The second kappa shape index (κ2) is 9.45. The van der Waals surface area contributed by atoms with Crippen LogP contribution in [0.5, 0.6) is 5.75 Å². The van der Waals surface area contributed by atoms with Crippen molar-refractivity contribution < 1.29 is 19.4 Å². The zero-order valence-electron chi connectivity index (χ0n) is 15.4. The summed E-state index contributed by atoms with van der Waals surface area (Å²) in [5.74, 6) is 3.10. The molecule has 25 heavy (non-hydrogen) atoms. The van der Waals surface area contributed by atoms with Crippen LogP contribution in [-0.4, -0.2) is 37.7 Å². The first kappa shape index (κ1) is 19.3. The quantitative estimate of drug-likeness (QED) is 0.606. The van der Waals surface area contributed by atoms with Crippen molar-refractivity contribution in [2.24, 2.45) is 0 Å². The fourth-order valence-corrected chi connectivity index (χ4v) is 3.40. The number of methoxy groups -OCH3 is 1. The number of benzene rings is 1. The van der Waals surface area contributed by atoms with E-state index in [9.17, 15) is 9.90 Å². The Hall–Kier alpha value is -2.04. The van der Waals surface area contributed by atoms with E-state index in [2.05, 4.69) is 12.1 Å². The van der Waals surface area contributed by atoms with Gasteiger partial charge in [-0.1, -0.05) is 0 Å². The molecule has 1 atom stereocenters. The van der Waals surface area contributed by atoms with E-state index in [0.717, 1.165) is 24.1 Å². The van der Waals surface area contributed by atoms with Crippen LogP contribution in [0.1, 0.15) is 56.6 Å². The molecule has 0 radical (unpaired) electrons. The Morgan fingerprint density at radius 3 is 2.88 bits per heavy atom. The number of ether oxygens (including phenoxy) is 2. The van der Waals surface area contributed by atoms with Gasteiger partial charge in [0.15, 0.2) is 0 Å². The first-order valence-corrected chi connectivity index (χ1v) is 8.97. The Bertz CT molecular complexity index is 664. The molecule has 1 unspecified atom stereocenters. The van der Waals surface area contributed by atoms with Gasteiger partial charge in [-0.25, -0.2) is 0 Å². The molecule has 5 heteroatoms. The van der Waals surface area contributed by atoms with E-state index in [1.807, 2.05) is 32.8 Å². The van der Waals surface area contributed by atoms with Gasteiger partial charge in [0, 0.05) is 0 Å². The summed E-state index contributed by atoms with van der Waals surface area (Å²) in [6.45, 7) is 6.16. The summed E-state index contributed by atoms with van der Waals surface area (Å²) in [6.07, 6.45) is 3.33. The molecule has 0 aromatic heterocycles. The van der Waals surface area contributed by atoms with Gasteiger partial charge in [0.25, 0.3) is 0 Å². The van der Waals surface area contributed by atoms with E-state index >= 15 is 0 Å². The number of allylic oxidation sites excluding steroid dienone is 2. The van der Waals surface area contributed by atoms with Crippen molar-refractivity contribution in [2.45, 2.75) is 51.9 Å². The number of hydrogen-bond acceptors (Lipinski definition) is 4. The van der Waals surface area contributed by atoms with Crippen LogP contribution in [-0.2, 0) is 16.0 Å². The number of aryl methyl sites for hydroxylation is 1. The molecule has 0 amide bonds. The van der Waals surface area contributed by atoms with Gasteiger partial charge in [-0.2, -0.15) is 0 Å². The van der Waals surface area contributed by atoms with E-state index in [1.54, 1.807) is 7.11 Å². The molecule has 4 nitrogen and oxygen atoms in total. The number of aliphatic hydroxyl groups is 1. The molecule has 0 spiro atoms. The summed E-state index contributed by atoms with van der Waals surface area (Å²) in [5.41, 5.74) is 3.35. The zero-order valence-corrected chi connectivity index (χ0v) is 15.4. The van der Waals surface area contributed by atoms with Gasteiger partial charge in [-0.05, 0) is 0 Å². The first-order chi connectivity index (χ1) is 12.1. The number of carbonyl (C=O) groups is 1. The average Bonchev–Trinajstić information content (AvgIpc) is 2.73. The van der Waals surface area contributed by atoms with E-state index in [0.29, 0.717) is 31.6 Å². The van der Waals surface area contributed by atoms with Crippen LogP contribution in [0.4, 0.5) is 0 Å². The van der Waals surface area contributed by atoms with E-state index < -0.39 is 0 Å². The third-order valence-corrected chi connectivity index (χ3v) is 4.59. The molecule has 0 bridgehead atoms. The topological polar surface area (TPSA) is 55.8 Å². The van der Waals surface area contributed by atoms with Gasteiger partial charge in [-0.15, -0.1) is 0 Å². The third kappa shape index (κ3) is 4.97. The van der Waals surface area contributed by atoms with E-state index in [4.69, 9.17) is 9.47 Å². The van der Waals surface area contributed by atoms with Crippen LogP contribution < -0.4 is 4.74 Å². The van der Waals surface area contributed by atoms with Crippen molar-refractivity contribution in [2.75, 3.05) is 13.7 Å². The molecule has 0 saturated carbocycles. The standard InChI is InChI=1S/C20H27BO4/c1-4-21-20-16(7-6-8-19(23)25-5-2)17-13-15(24-3)11-9-14(17)10-12-18(20)22/h4,9,11,13,16,22H,5-8,10,12H2,1-3H3. The molecule has 1 aromatic rings. The van der Waals surface area contributed by atoms with Crippen molar-refractivity contribution in [1.82, 2.24) is 0 Å². The summed E-state index contributed by atoms with van der Waals surface area (Å²) in [7, 11) is 1.66. The summed E-state index contributed by atoms with van der Waals surface area (Å²) < 4.78 is 10.4. The van der Waals surface area contributed by atoms with Gasteiger partial charge in [0.1, 0.15) is 0 Å². The number of carbonyl (C=O) groups excluding carboxylic acids is 1. The first-order valence-electron chi connectivity index (χ1n) is 8.97. The second-order valence-corrected chi connectivity index (χ2v) is 6.22. The minimum absolute atomic E-state index is 0.0539. The molecule has 1 aliphatic rings. The Labute approximate surface area is 150 Å². The van der Waals surface area contributed by atoms with Crippen molar-refractivity contribution in [3.63, 3.8) is 0 Å². The van der Waals surface area contributed by atoms with E-state index in [1.165, 1.54) is 11.1 Å². The molecule has 0 heterocycles. The summed E-state index contributed by atoms with van der Waals surface area (Å²) >= 11 is 0. The van der Waals surface area contributed by atoms with E-state index in [-0.39, 0.29) is 11.9 Å². The Morgan fingerprint density at radius 2 is 2.20 bits per heavy atom. The molecule has 134 valence electrons. The summed E-state index contributed by atoms with van der Waals surface area (Å²) in [6, 6.07) is 6.11. The normalized spacial score (nSPS) is 17.0. The van der Waals surface area contributed by atoms with Gasteiger partial charge in [0.2, 0.25) is 0 Å². The molecule has 2 rings (SSSR count). The number of hydrogen-bond donors (Lipinski definition) is 1. The van der Waals surface area contributed by atoms with Gasteiger partial charge in [0.05, 0.1) is 0 Å². The minimum atomic E-state index is -0.164. The SMILES string of the molecule is CC=BC1=C(O)CCc2ccc(OC)cc2C1CCCC(=O)OCC. The number of rotatable bonds is 7. The van der Waals surface area contributed by atoms with Gasteiger partial charge < -0.3 is 0 Å². The van der Waals surface area contributed by atoms with Crippen LogP contribution in [0.25, 0.3) is 0 Å². The molecule has 0 fully saturated rings. The predicted octanol–water partition coefficient (Wildman–Crippen LogP) is 3.75. The second-order valence-electron chi connectivity index (χ2n) is 6.22. The van der Waals surface area contributed by atoms with Crippen molar-refractivity contribution >= 4 is 18.9 Å². The number of aliphatic hydroxyl groups excluding tert-OH is 1. The third-order valence-electron chi connectivity index (χ3n) is 4.59. The van der Waals surface area contributed by atoms with Crippen molar-refractivity contribution in [1.29, 1.82) is 0 Å². The van der Waals surface area contributed by atoms with Gasteiger partial charge in [-0.3, -0.25) is 0 Å². The monoisotopic (exact) mass is 342 g/mol. The predicted molar refractivity (Wildman–Crippen MR) is 102 cm³/mol. The molecular weight excluding hydrogens is 315 g/mol. The molecule has 1 N–H and O–H groups in total. The summed E-state index contributed by atoms with van der Waals surface area (Å²) in [5, 5.41) is 10.5. The molecule has 1 aromatic carbocycles. The van der Waals surface area contributed by atoms with Crippen LogP contribution >= 0.6 is 0 Å².